The molecule has 0 aromatic heterocycles. The van der Waals surface area contributed by atoms with Gasteiger partial charge in [-0.1, -0.05) is 30.3 Å². The van der Waals surface area contributed by atoms with Crippen LogP contribution in [-0.2, 0) is 0 Å². The summed E-state index contributed by atoms with van der Waals surface area (Å²) >= 11 is 12.3. The quantitative estimate of drug-likeness (QED) is 0.505. The SMILES string of the molecule is NC(=O)N(O)C[C@H]1[C@H](c2ccccc2)C1(Cl)Cl. The number of amides is 2. The van der Waals surface area contributed by atoms with Crippen LogP contribution in [0.3, 0.4) is 0 Å². The zero-order valence-electron chi connectivity index (χ0n) is 8.88. The van der Waals surface area contributed by atoms with Crippen molar-refractivity contribution in [3.05, 3.63) is 35.9 Å². The number of benzene rings is 1. The Hall–Kier alpha value is -0.970. The molecule has 0 unspecified atom stereocenters. The Labute approximate surface area is 109 Å². The highest BCUT2D eigenvalue weighted by atomic mass is 35.5. The van der Waals surface area contributed by atoms with Crippen LogP contribution in [0.2, 0.25) is 0 Å². The van der Waals surface area contributed by atoms with E-state index < -0.39 is 10.4 Å². The van der Waals surface area contributed by atoms with Crippen molar-refractivity contribution in [2.45, 2.75) is 10.3 Å². The van der Waals surface area contributed by atoms with E-state index >= 15 is 0 Å². The van der Waals surface area contributed by atoms with Gasteiger partial charge in [-0.25, -0.2) is 9.86 Å². The molecule has 1 aliphatic rings. The molecule has 3 N–H and O–H groups in total. The third-order valence-electron chi connectivity index (χ3n) is 2.98. The van der Waals surface area contributed by atoms with E-state index in [0.29, 0.717) is 5.06 Å². The number of hydrogen-bond acceptors (Lipinski definition) is 2. The molecule has 0 aliphatic heterocycles. The summed E-state index contributed by atoms with van der Waals surface area (Å²) in [5.74, 6) is -0.313. The van der Waals surface area contributed by atoms with Crippen LogP contribution in [0, 0.1) is 5.92 Å². The Balaban J connectivity index is 2.09. The number of carbonyl (C=O) groups is 1. The van der Waals surface area contributed by atoms with Gasteiger partial charge < -0.3 is 5.73 Å². The summed E-state index contributed by atoms with van der Waals surface area (Å²) in [5, 5.41) is 9.71. The first-order valence-corrected chi connectivity index (χ1v) is 5.88. The lowest BCUT2D eigenvalue weighted by Crippen LogP contribution is -2.34. The molecule has 2 atom stereocenters. The predicted molar refractivity (Wildman–Crippen MR) is 65.2 cm³/mol. The molecule has 92 valence electrons. The van der Waals surface area contributed by atoms with Crippen LogP contribution in [0.4, 0.5) is 4.79 Å². The summed E-state index contributed by atoms with van der Waals surface area (Å²) in [4.78, 5) is 10.7. The average molecular weight is 275 g/mol. The molecule has 2 amide bonds. The Kier molecular flexibility index (Phi) is 3.21. The first kappa shape index (κ1) is 12.5. The minimum Gasteiger partial charge on any atom is -0.350 e. The second kappa shape index (κ2) is 4.37. The zero-order chi connectivity index (χ0) is 12.6. The minimum atomic E-state index is -0.961. The van der Waals surface area contributed by atoms with Gasteiger partial charge in [-0.3, -0.25) is 5.21 Å². The number of rotatable bonds is 3. The fraction of sp³-hybridized carbons (Fsp3) is 0.364. The van der Waals surface area contributed by atoms with Gasteiger partial charge in [-0.15, -0.1) is 23.2 Å². The number of halogens is 2. The van der Waals surface area contributed by atoms with Crippen molar-refractivity contribution in [1.82, 2.24) is 5.06 Å². The number of carbonyl (C=O) groups excluding carboxylic acids is 1. The van der Waals surface area contributed by atoms with Gasteiger partial charge in [-0.05, 0) is 5.56 Å². The molecule has 0 saturated heterocycles. The van der Waals surface area contributed by atoms with E-state index in [4.69, 9.17) is 28.9 Å². The van der Waals surface area contributed by atoms with E-state index in [9.17, 15) is 10.0 Å². The van der Waals surface area contributed by atoms with Gasteiger partial charge in [0.15, 0.2) is 0 Å². The number of hydroxylamine groups is 2. The number of hydrogen-bond donors (Lipinski definition) is 2. The maximum atomic E-state index is 10.7. The monoisotopic (exact) mass is 274 g/mol. The van der Waals surface area contributed by atoms with Crippen LogP contribution in [0.1, 0.15) is 11.5 Å². The molecular weight excluding hydrogens is 263 g/mol. The Morgan fingerprint density at radius 2 is 2.00 bits per heavy atom. The summed E-state index contributed by atoms with van der Waals surface area (Å²) in [5.41, 5.74) is 5.92. The van der Waals surface area contributed by atoms with Crippen LogP contribution in [0.5, 0.6) is 0 Å². The van der Waals surface area contributed by atoms with E-state index in [0.717, 1.165) is 5.56 Å². The molecule has 1 aromatic carbocycles. The molecule has 0 spiro atoms. The third-order valence-corrected chi connectivity index (χ3v) is 4.02. The van der Waals surface area contributed by atoms with Gasteiger partial charge in [-0.2, -0.15) is 0 Å². The summed E-state index contributed by atoms with van der Waals surface area (Å²) in [6, 6.07) is 8.59. The summed E-state index contributed by atoms with van der Waals surface area (Å²) in [6.07, 6.45) is 0. The van der Waals surface area contributed by atoms with Gasteiger partial charge >= 0.3 is 6.03 Å². The lowest BCUT2D eigenvalue weighted by molar-refractivity contribution is -0.0433. The maximum Gasteiger partial charge on any atom is 0.338 e. The highest BCUT2D eigenvalue weighted by Gasteiger charge is 2.64. The summed E-state index contributed by atoms with van der Waals surface area (Å²) in [6.45, 7) is 0.0297. The number of primary amides is 1. The Morgan fingerprint density at radius 3 is 2.53 bits per heavy atom. The molecule has 0 radical (unpaired) electrons. The van der Waals surface area contributed by atoms with Crippen molar-refractivity contribution in [2.75, 3.05) is 6.54 Å². The number of nitrogens with zero attached hydrogens (tertiary/aromatic N) is 1. The van der Waals surface area contributed by atoms with Crippen LogP contribution >= 0.6 is 23.2 Å². The number of urea groups is 1. The zero-order valence-corrected chi connectivity index (χ0v) is 10.4. The lowest BCUT2D eigenvalue weighted by atomic mass is 10.1. The van der Waals surface area contributed by atoms with Crippen LogP contribution in [0.15, 0.2) is 30.3 Å². The van der Waals surface area contributed by atoms with Crippen LogP contribution in [-0.4, -0.2) is 27.2 Å². The van der Waals surface area contributed by atoms with Gasteiger partial charge in [0.1, 0.15) is 4.33 Å². The smallest absolute Gasteiger partial charge is 0.338 e. The maximum absolute atomic E-state index is 10.7. The van der Waals surface area contributed by atoms with E-state index in [1.807, 2.05) is 30.3 Å². The van der Waals surface area contributed by atoms with E-state index in [2.05, 4.69) is 0 Å². The number of alkyl halides is 2. The van der Waals surface area contributed by atoms with Gasteiger partial charge in [0, 0.05) is 11.8 Å². The largest absolute Gasteiger partial charge is 0.350 e. The van der Waals surface area contributed by atoms with Crippen LogP contribution in [0.25, 0.3) is 0 Å². The fourth-order valence-electron chi connectivity index (χ4n) is 2.01. The summed E-state index contributed by atoms with van der Waals surface area (Å²) in [7, 11) is 0. The molecule has 17 heavy (non-hydrogen) atoms. The molecular formula is C11H12Cl2N2O2. The van der Waals surface area contributed by atoms with Crippen LogP contribution < -0.4 is 5.73 Å². The highest BCUT2D eigenvalue weighted by molar-refractivity contribution is 6.52. The second-order valence-electron chi connectivity index (χ2n) is 4.09. The van der Waals surface area contributed by atoms with Crippen molar-refractivity contribution >= 4 is 29.2 Å². The molecule has 4 nitrogen and oxygen atoms in total. The van der Waals surface area contributed by atoms with Gasteiger partial charge in [0.05, 0.1) is 6.54 Å². The molecule has 1 saturated carbocycles. The highest BCUT2D eigenvalue weighted by Crippen LogP contribution is 2.64. The van der Waals surface area contributed by atoms with E-state index in [1.54, 1.807) is 0 Å². The molecule has 1 fully saturated rings. The molecule has 2 rings (SSSR count). The standard InChI is InChI=1S/C11H12Cl2N2O2/c12-11(13)8(6-15(17)10(14)16)9(11)7-4-2-1-3-5-7/h1-5,8-9,17H,6H2,(H2,14,16)/t8-,9-/m0/s1. The topological polar surface area (TPSA) is 66.6 Å². The van der Waals surface area contributed by atoms with E-state index in [1.165, 1.54) is 0 Å². The first-order chi connectivity index (χ1) is 7.94. The molecule has 0 heterocycles. The molecule has 6 heteroatoms. The third kappa shape index (κ3) is 2.34. The molecule has 1 aliphatic carbocycles. The van der Waals surface area contributed by atoms with E-state index in [-0.39, 0.29) is 18.4 Å². The Morgan fingerprint density at radius 1 is 1.41 bits per heavy atom. The van der Waals surface area contributed by atoms with Crippen molar-refractivity contribution in [3.8, 4) is 0 Å². The fourth-order valence-corrected chi connectivity index (χ4v) is 2.83. The predicted octanol–water partition coefficient (Wildman–Crippen LogP) is 2.34. The first-order valence-electron chi connectivity index (χ1n) is 5.13. The average Bonchev–Trinajstić information content (AvgIpc) is 2.81. The minimum absolute atomic E-state index is 0.0297. The Bertz CT molecular complexity index is 425. The van der Waals surface area contributed by atoms with Gasteiger partial charge in [0.25, 0.3) is 0 Å². The lowest BCUT2D eigenvalue weighted by Gasteiger charge is -2.11. The number of nitrogens with two attached hydrogens (primary N) is 1. The second-order valence-corrected chi connectivity index (χ2v) is 5.53. The summed E-state index contributed by atoms with van der Waals surface area (Å²) < 4.78 is -0.961. The molecule has 1 aromatic rings. The molecule has 0 bridgehead atoms. The van der Waals surface area contributed by atoms with Crippen molar-refractivity contribution in [1.29, 1.82) is 0 Å². The van der Waals surface area contributed by atoms with Gasteiger partial charge in [0.2, 0.25) is 0 Å². The van der Waals surface area contributed by atoms with Crippen molar-refractivity contribution in [3.63, 3.8) is 0 Å². The van der Waals surface area contributed by atoms with Crippen molar-refractivity contribution in [2.24, 2.45) is 11.7 Å². The normalized spacial score (nSPS) is 25.4. The van der Waals surface area contributed by atoms with Crippen molar-refractivity contribution < 1.29 is 10.0 Å².